The molecule has 0 aromatic heterocycles. The highest BCUT2D eigenvalue weighted by molar-refractivity contribution is 5.95. The maximum absolute atomic E-state index is 12.3. The Kier molecular flexibility index (Phi) is 8.48. The Morgan fingerprint density at radius 1 is 0.963 bits per heavy atom. The lowest BCUT2D eigenvalue weighted by Crippen LogP contribution is -2.47. The fraction of sp³-hybridized carbons (Fsp3) is 0.333. The quantitative estimate of drug-likeness (QED) is 0.713. The molecular formula is C21H27N3O3. The molecule has 27 heavy (non-hydrogen) atoms. The van der Waals surface area contributed by atoms with Crippen molar-refractivity contribution in [3.8, 4) is 0 Å². The molecule has 1 atom stereocenters. The molecule has 3 amide bonds. The first-order valence-electron chi connectivity index (χ1n) is 8.96. The topological polar surface area (TPSA) is 70.7 Å². The van der Waals surface area contributed by atoms with E-state index in [1.54, 1.807) is 7.11 Å². The normalized spacial score (nSPS) is 11.8. The maximum atomic E-state index is 12.3. The minimum Gasteiger partial charge on any atom is -0.383 e. The number of nitrogens with zero attached hydrogens (tertiary/aromatic N) is 1. The zero-order chi connectivity index (χ0) is 19.5. The highest BCUT2D eigenvalue weighted by Gasteiger charge is 2.15. The van der Waals surface area contributed by atoms with E-state index in [0.717, 1.165) is 11.1 Å². The van der Waals surface area contributed by atoms with Crippen molar-refractivity contribution in [3.63, 3.8) is 0 Å². The van der Waals surface area contributed by atoms with Gasteiger partial charge in [0.1, 0.15) is 0 Å². The van der Waals surface area contributed by atoms with Crippen molar-refractivity contribution in [3.05, 3.63) is 71.8 Å². The number of amides is 3. The fourth-order valence-electron chi connectivity index (χ4n) is 2.77. The van der Waals surface area contributed by atoms with Crippen LogP contribution in [-0.2, 0) is 22.6 Å². The smallest absolute Gasteiger partial charge is 0.321 e. The van der Waals surface area contributed by atoms with Crippen LogP contribution in [0.15, 0.2) is 60.7 Å². The number of urea groups is 1. The first-order chi connectivity index (χ1) is 13.1. The molecule has 0 bridgehead atoms. The summed E-state index contributed by atoms with van der Waals surface area (Å²) < 4.78 is 4.97. The second-order valence-corrected chi connectivity index (χ2v) is 6.49. The van der Waals surface area contributed by atoms with Gasteiger partial charge >= 0.3 is 6.03 Å². The van der Waals surface area contributed by atoms with Crippen molar-refractivity contribution in [1.82, 2.24) is 15.5 Å². The molecule has 6 nitrogen and oxygen atoms in total. The number of rotatable bonds is 9. The minimum atomic E-state index is -0.510. The highest BCUT2D eigenvalue weighted by atomic mass is 16.5. The Morgan fingerprint density at radius 2 is 1.48 bits per heavy atom. The van der Waals surface area contributed by atoms with Crippen LogP contribution in [0.2, 0.25) is 0 Å². The highest BCUT2D eigenvalue weighted by Crippen LogP contribution is 2.09. The third kappa shape index (κ3) is 8.02. The summed E-state index contributed by atoms with van der Waals surface area (Å²) in [7, 11) is 1.56. The molecule has 2 aromatic carbocycles. The van der Waals surface area contributed by atoms with Gasteiger partial charge in [-0.15, -0.1) is 0 Å². The Hall–Kier alpha value is -2.70. The molecular weight excluding hydrogens is 342 g/mol. The summed E-state index contributed by atoms with van der Waals surface area (Å²) in [5.74, 6) is -0.344. The third-order valence-electron chi connectivity index (χ3n) is 3.91. The molecule has 0 aliphatic rings. The number of imide groups is 1. The minimum absolute atomic E-state index is 0.121. The SMILES string of the molecule is COCC(C)NC(=O)NC(=O)CN(Cc1ccccc1)Cc1ccccc1. The van der Waals surface area contributed by atoms with Crippen LogP contribution in [0.25, 0.3) is 0 Å². The molecule has 0 aliphatic carbocycles. The van der Waals surface area contributed by atoms with E-state index in [-0.39, 0.29) is 18.5 Å². The van der Waals surface area contributed by atoms with Crippen molar-refractivity contribution in [2.24, 2.45) is 0 Å². The zero-order valence-electron chi connectivity index (χ0n) is 15.9. The molecule has 0 fully saturated rings. The van der Waals surface area contributed by atoms with Gasteiger partial charge in [0.2, 0.25) is 5.91 Å². The summed E-state index contributed by atoms with van der Waals surface area (Å²) in [4.78, 5) is 26.3. The number of ether oxygens (including phenoxy) is 1. The number of benzene rings is 2. The zero-order valence-corrected chi connectivity index (χ0v) is 15.9. The second kappa shape index (κ2) is 11.1. The number of carbonyl (C=O) groups is 2. The summed E-state index contributed by atoms with van der Waals surface area (Å²) in [6.45, 7) is 3.55. The van der Waals surface area contributed by atoms with Gasteiger partial charge < -0.3 is 10.1 Å². The van der Waals surface area contributed by atoms with Crippen molar-refractivity contribution in [1.29, 1.82) is 0 Å². The van der Waals surface area contributed by atoms with Gasteiger partial charge in [0.25, 0.3) is 0 Å². The van der Waals surface area contributed by atoms with Crippen LogP contribution in [0.1, 0.15) is 18.1 Å². The standard InChI is InChI=1S/C21H27N3O3/c1-17(16-27-2)22-21(26)23-20(25)15-24(13-18-9-5-3-6-10-18)14-19-11-7-4-8-12-19/h3-12,17H,13-16H2,1-2H3,(H2,22,23,25,26). The monoisotopic (exact) mass is 369 g/mol. The summed E-state index contributed by atoms with van der Waals surface area (Å²) in [6.07, 6.45) is 0. The first kappa shape index (κ1) is 20.6. The Labute approximate surface area is 160 Å². The van der Waals surface area contributed by atoms with E-state index in [9.17, 15) is 9.59 Å². The Morgan fingerprint density at radius 3 is 1.96 bits per heavy atom. The average Bonchev–Trinajstić information content (AvgIpc) is 2.63. The van der Waals surface area contributed by atoms with E-state index in [1.165, 1.54) is 0 Å². The largest absolute Gasteiger partial charge is 0.383 e. The lowest BCUT2D eigenvalue weighted by atomic mass is 10.1. The number of hydrogen-bond acceptors (Lipinski definition) is 4. The van der Waals surface area contributed by atoms with Crippen molar-refractivity contribution >= 4 is 11.9 Å². The predicted octanol–water partition coefficient (Wildman–Crippen LogP) is 2.55. The predicted molar refractivity (Wildman–Crippen MR) is 105 cm³/mol. The van der Waals surface area contributed by atoms with Crippen molar-refractivity contribution in [2.45, 2.75) is 26.1 Å². The molecule has 2 N–H and O–H groups in total. The Balaban J connectivity index is 1.95. The number of carbonyl (C=O) groups excluding carboxylic acids is 2. The molecule has 0 aliphatic heterocycles. The van der Waals surface area contributed by atoms with E-state index in [1.807, 2.05) is 72.5 Å². The van der Waals surface area contributed by atoms with Crippen LogP contribution >= 0.6 is 0 Å². The van der Waals surface area contributed by atoms with Crippen molar-refractivity contribution in [2.75, 3.05) is 20.3 Å². The number of hydrogen-bond donors (Lipinski definition) is 2. The maximum Gasteiger partial charge on any atom is 0.321 e. The van der Waals surface area contributed by atoms with Gasteiger partial charge in [0.15, 0.2) is 0 Å². The lowest BCUT2D eigenvalue weighted by molar-refractivity contribution is -0.121. The first-order valence-corrected chi connectivity index (χ1v) is 8.96. The van der Waals surface area contributed by atoms with Gasteiger partial charge in [0, 0.05) is 20.2 Å². The Bertz CT molecular complexity index is 666. The fourth-order valence-corrected chi connectivity index (χ4v) is 2.77. The molecule has 144 valence electrons. The van der Waals surface area contributed by atoms with Gasteiger partial charge in [0.05, 0.1) is 19.2 Å². The van der Waals surface area contributed by atoms with Crippen molar-refractivity contribution < 1.29 is 14.3 Å². The van der Waals surface area contributed by atoms with Crippen LogP contribution in [0.5, 0.6) is 0 Å². The van der Waals surface area contributed by atoms with Gasteiger partial charge in [-0.3, -0.25) is 15.0 Å². The summed E-state index contributed by atoms with van der Waals surface area (Å²) in [6, 6.07) is 19.2. The molecule has 2 rings (SSSR count). The van der Waals surface area contributed by atoms with Crippen LogP contribution in [-0.4, -0.2) is 43.1 Å². The van der Waals surface area contributed by atoms with Gasteiger partial charge in [-0.1, -0.05) is 60.7 Å². The molecule has 0 heterocycles. The van der Waals surface area contributed by atoms with E-state index in [2.05, 4.69) is 10.6 Å². The van der Waals surface area contributed by atoms with Gasteiger partial charge in [-0.25, -0.2) is 4.79 Å². The lowest BCUT2D eigenvalue weighted by Gasteiger charge is -2.22. The molecule has 0 saturated carbocycles. The molecule has 0 spiro atoms. The summed E-state index contributed by atoms with van der Waals surface area (Å²) in [5, 5.41) is 5.06. The molecule has 0 radical (unpaired) electrons. The van der Waals surface area contributed by atoms with Gasteiger partial charge in [-0.05, 0) is 18.1 Å². The number of nitrogens with one attached hydrogen (secondary N) is 2. The van der Waals surface area contributed by atoms with Crippen LogP contribution in [0.4, 0.5) is 4.79 Å². The van der Waals surface area contributed by atoms with E-state index >= 15 is 0 Å². The molecule has 2 aromatic rings. The van der Waals surface area contributed by atoms with Gasteiger partial charge in [-0.2, -0.15) is 0 Å². The van der Waals surface area contributed by atoms with Crippen LogP contribution < -0.4 is 10.6 Å². The third-order valence-corrected chi connectivity index (χ3v) is 3.91. The molecule has 1 unspecified atom stereocenters. The summed E-state index contributed by atoms with van der Waals surface area (Å²) in [5.41, 5.74) is 2.22. The second-order valence-electron chi connectivity index (χ2n) is 6.49. The van der Waals surface area contributed by atoms with E-state index < -0.39 is 6.03 Å². The van der Waals surface area contributed by atoms with E-state index in [4.69, 9.17) is 4.74 Å². The summed E-state index contributed by atoms with van der Waals surface area (Å²) >= 11 is 0. The molecule has 6 heteroatoms. The van der Waals surface area contributed by atoms with Crippen LogP contribution in [0.3, 0.4) is 0 Å². The van der Waals surface area contributed by atoms with E-state index in [0.29, 0.717) is 19.7 Å². The average molecular weight is 369 g/mol. The van der Waals surface area contributed by atoms with Crippen LogP contribution in [0, 0.1) is 0 Å². The molecule has 0 saturated heterocycles. The number of methoxy groups -OCH3 is 1.